The predicted molar refractivity (Wildman–Crippen MR) is 84.4 cm³/mol. The molecular formula is C17H14N2O3. The van der Waals surface area contributed by atoms with Gasteiger partial charge in [0.05, 0.1) is 0 Å². The Bertz CT molecular complexity index is 831. The molecule has 1 heterocycles. The molecule has 0 aromatic heterocycles. The molecule has 0 aliphatic carbocycles. The number of amides is 1. The number of hydrogen-bond acceptors (Lipinski definition) is 3. The molecule has 22 heavy (non-hydrogen) atoms. The number of aliphatic imine (C=N–C) groups is 1. The maximum Gasteiger partial charge on any atom is 0.323 e. The molecule has 1 N–H and O–H groups in total. The van der Waals surface area contributed by atoms with Gasteiger partial charge in [-0.2, -0.15) is 0 Å². The lowest BCUT2D eigenvalue weighted by Gasteiger charge is -2.12. The Balaban J connectivity index is 2.02. The number of carboxylic acid groups (broad SMARTS) is 1. The van der Waals surface area contributed by atoms with Crippen molar-refractivity contribution in [3.05, 3.63) is 53.7 Å². The Morgan fingerprint density at radius 2 is 1.95 bits per heavy atom. The van der Waals surface area contributed by atoms with Crippen LogP contribution >= 0.6 is 0 Å². The Morgan fingerprint density at radius 1 is 1.23 bits per heavy atom. The van der Waals surface area contributed by atoms with Crippen LogP contribution in [0.25, 0.3) is 16.8 Å². The molecule has 0 bridgehead atoms. The van der Waals surface area contributed by atoms with Crippen molar-refractivity contribution in [2.24, 2.45) is 4.99 Å². The van der Waals surface area contributed by atoms with E-state index in [0.717, 1.165) is 16.3 Å². The van der Waals surface area contributed by atoms with Crippen LogP contribution in [-0.2, 0) is 9.59 Å². The summed E-state index contributed by atoms with van der Waals surface area (Å²) in [6.45, 7) is 1.26. The maximum absolute atomic E-state index is 12.3. The van der Waals surface area contributed by atoms with E-state index in [-0.39, 0.29) is 18.1 Å². The minimum atomic E-state index is -1.06. The molecule has 0 radical (unpaired) electrons. The molecule has 0 fully saturated rings. The third kappa shape index (κ3) is 2.48. The first-order valence-corrected chi connectivity index (χ1v) is 6.84. The second-order valence-corrected chi connectivity index (χ2v) is 5.04. The number of rotatable bonds is 3. The highest BCUT2D eigenvalue weighted by Gasteiger charge is 2.29. The predicted octanol–water partition coefficient (Wildman–Crippen LogP) is 2.53. The van der Waals surface area contributed by atoms with Crippen LogP contribution in [0.3, 0.4) is 0 Å². The Labute approximate surface area is 127 Å². The lowest BCUT2D eigenvalue weighted by Crippen LogP contribution is -2.35. The van der Waals surface area contributed by atoms with Crippen molar-refractivity contribution in [3.8, 4) is 0 Å². The van der Waals surface area contributed by atoms with Crippen molar-refractivity contribution in [1.82, 2.24) is 4.90 Å². The molecule has 0 saturated heterocycles. The highest BCUT2D eigenvalue weighted by atomic mass is 16.4. The molecule has 0 unspecified atom stereocenters. The molecule has 2 aromatic rings. The van der Waals surface area contributed by atoms with Gasteiger partial charge in [-0.1, -0.05) is 42.5 Å². The number of benzene rings is 2. The third-order valence-electron chi connectivity index (χ3n) is 3.55. The first-order chi connectivity index (χ1) is 10.6. The summed E-state index contributed by atoms with van der Waals surface area (Å²) in [5.41, 5.74) is 1.14. The number of aliphatic carboxylic acids is 1. The van der Waals surface area contributed by atoms with Crippen LogP contribution in [0.5, 0.6) is 0 Å². The van der Waals surface area contributed by atoms with Gasteiger partial charge >= 0.3 is 5.97 Å². The number of amidine groups is 1. The molecule has 1 aliphatic heterocycles. The van der Waals surface area contributed by atoms with Gasteiger partial charge in [0.25, 0.3) is 5.91 Å². The Kier molecular flexibility index (Phi) is 3.47. The molecule has 0 saturated carbocycles. The van der Waals surface area contributed by atoms with Crippen LogP contribution in [-0.4, -0.2) is 34.3 Å². The van der Waals surface area contributed by atoms with Gasteiger partial charge in [0, 0.05) is 0 Å². The fourth-order valence-electron chi connectivity index (χ4n) is 2.51. The largest absolute Gasteiger partial charge is 0.480 e. The van der Waals surface area contributed by atoms with Crippen LogP contribution in [0.2, 0.25) is 0 Å². The highest BCUT2D eigenvalue weighted by Crippen LogP contribution is 2.23. The molecule has 1 aliphatic rings. The summed E-state index contributed by atoms with van der Waals surface area (Å²) in [6.07, 6.45) is 1.70. The second-order valence-electron chi connectivity index (χ2n) is 5.04. The van der Waals surface area contributed by atoms with E-state index in [4.69, 9.17) is 5.11 Å². The normalized spacial score (nSPS) is 16.4. The molecule has 5 heteroatoms. The molecule has 0 atom stereocenters. The Hall–Kier alpha value is -2.95. The number of hydrogen-bond donors (Lipinski definition) is 1. The van der Waals surface area contributed by atoms with E-state index < -0.39 is 5.97 Å². The maximum atomic E-state index is 12.3. The van der Waals surface area contributed by atoms with Crippen molar-refractivity contribution < 1.29 is 14.7 Å². The van der Waals surface area contributed by atoms with Gasteiger partial charge in [-0.3, -0.25) is 14.5 Å². The monoisotopic (exact) mass is 294 g/mol. The van der Waals surface area contributed by atoms with Crippen LogP contribution in [0, 0.1) is 0 Å². The fraction of sp³-hybridized carbons (Fsp3) is 0.118. The van der Waals surface area contributed by atoms with Gasteiger partial charge in [0.1, 0.15) is 18.1 Å². The molecule has 1 amide bonds. The zero-order chi connectivity index (χ0) is 15.7. The molecule has 110 valence electrons. The summed E-state index contributed by atoms with van der Waals surface area (Å²) in [6, 6.07) is 13.7. The summed E-state index contributed by atoms with van der Waals surface area (Å²) in [7, 11) is 0. The van der Waals surface area contributed by atoms with Crippen molar-refractivity contribution in [3.63, 3.8) is 0 Å². The van der Waals surface area contributed by atoms with Gasteiger partial charge < -0.3 is 5.11 Å². The van der Waals surface area contributed by atoms with Crippen LogP contribution in [0.4, 0.5) is 0 Å². The second kappa shape index (κ2) is 5.44. The summed E-state index contributed by atoms with van der Waals surface area (Å²) in [4.78, 5) is 28.5. The van der Waals surface area contributed by atoms with E-state index in [1.807, 2.05) is 42.5 Å². The summed E-state index contributed by atoms with van der Waals surface area (Å²) >= 11 is 0. The minimum absolute atomic E-state index is 0.259. The number of carbonyl (C=O) groups excluding carboxylic acids is 1. The molecule has 2 aromatic carbocycles. The average Bonchev–Trinajstić information content (AvgIpc) is 2.75. The first-order valence-electron chi connectivity index (χ1n) is 6.84. The lowest BCUT2D eigenvalue weighted by atomic mass is 10.0. The number of carbonyl (C=O) groups is 2. The zero-order valence-corrected chi connectivity index (χ0v) is 12.0. The number of fused-ring (bicyclic) bond motifs is 1. The zero-order valence-electron chi connectivity index (χ0n) is 12.0. The van der Waals surface area contributed by atoms with Crippen molar-refractivity contribution in [2.75, 3.05) is 6.54 Å². The molecular weight excluding hydrogens is 280 g/mol. The summed E-state index contributed by atoms with van der Waals surface area (Å²) in [5.74, 6) is -1.04. The van der Waals surface area contributed by atoms with E-state index in [1.165, 1.54) is 4.90 Å². The van der Waals surface area contributed by atoms with Gasteiger partial charge in [-0.25, -0.2) is 4.99 Å². The third-order valence-corrected chi connectivity index (χ3v) is 3.55. The first kappa shape index (κ1) is 14.0. The molecule has 5 nitrogen and oxygen atoms in total. The van der Waals surface area contributed by atoms with Crippen molar-refractivity contribution in [2.45, 2.75) is 6.92 Å². The number of nitrogens with zero attached hydrogens (tertiary/aromatic N) is 2. The SMILES string of the molecule is CC1=N/C(=C\c2cccc3ccccc23)C(=O)N1CC(=O)O. The molecule has 3 rings (SSSR count). The van der Waals surface area contributed by atoms with E-state index in [1.54, 1.807) is 13.0 Å². The van der Waals surface area contributed by atoms with Gasteiger partial charge in [-0.05, 0) is 29.3 Å². The standard InChI is InChI=1S/C17H14N2O3/c1-11-18-15(17(22)19(11)10-16(20)21)9-13-7-4-6-12-5-2-3-8-14(12)13/h2-9H,10H2,1H3,(H,20,21)/b15-9-. The topological polar surface area (TPSA) is 70.0 Å². The smallest absolute Gasteiger partial charge is 0.323 e. The Morgan fingerprint density at radius 3 is 2.73 bits per heavy atom. The van der Waals surface area contributed by atoms with E-state index in [2.05, 4.69) is 4.99 Å². The quantitative estimate of drug-likeness (QED) is 0.884. The minimum Gasteiger partial charge on any atom is -0.480 e. The number of carboxylic acids is 1. The lowest BCUT2D eigenvalue weighted by molar-refractivity contribution is -0.140. The van der Waals surface area contributed by atoms with Crippen LogP contribution < -0.4 is 0 Å². The van der Waals surface area contributed by atoms with Crippen molar-refractivity contribution >= 4 is 34.6 Å². The fourth-order valence-corrected chi connectivity index (χ4v) is 2.51. The van der Waals surface area contributed by atoms with Gasteiger partial charge in [-0.15, -0.1) is 0 Å². The highest BCUT2D eigenvalue weighted by molar-refractivity contribution is 6.15. The van der Waals surface area contributed by atoms with Gasteiger partial charge in [0.2, 0.25) is 0 Å². The summed E-state index contributed by atoms with van der Waals surface area (Å²) < 4.78 is 0. The summed E-state index contributed by atoms with van der Waals surface area (Å²) in [5, 5.41) is 11.0. The van der Waals surface area contributed by atoms with Crippen LogP contribution in [0.15, 0.2) is 53.2 Å². The molecule has 0 spiro atoms. The van der Waals surface area contributed by atoms with E-state index in [0.29, 0.717) is 5.84 Å². The van der Waals surface area contributed by atoms with Gasteiger partial charge in [0.15, 0.2) is 0 Å². The average molecular weight is 294 g/mol. The van der Waals surface area contributed by atoms with Crippen molar-refractivity contribution in [1.29, 1.82) is 0 Å². The van der Waals surface area contributed by atoms with E-state index >= 15 is 0 Å². The van der Waals surface area contributed by atoms with E-state index in [9.17, 15) is 9.59 Å². The van der Waals surface area contributed by atoms with Crippen LogP contribution in [0.1, 0.15) is 12.5 Å².